The maximum atomic E-state index is 11.1. The number of benzene rings is 1. The molecule has 0 aliphatic heterocycles. The minimum atomic E-state index is -0.969. The van der Waals surface area contributed by atoms with Crippen LogP contribution < -0.4 is 0 Å². The third-order valence-electron chi connectivity index (χ3n) is 2.93. The van der Waals surface area contributed by atoms with E-state index < -0.39 is 5.97 Å². The van der Waals surface area contributed by atoms with Crippen LogP contribution in [0.2, 0.25) is 0 Å². The monoisotopic (exact) mass is 300 g/mol. The highest BCUT2D eigenvalue weighted by Crippen LogP contribution is 2.33. The Balaban J connectivity index is 2.22. The van der Waals surface area contributed by atoms with E-state index in [9.17, 15) is 10.1 Å². The molecular formula is C14H8N2O2S2. The van der Waals surface area contributed by atoms with Crippen LogP contribution in [0.5, 0.6) is 0 Å². The van der Waals surface area contributed by atoms with Gasteiger partial charge in [0.25, 0.3) is 0 Å². The second-order valence-corrected chi connectivity index (χ2v) is 6.15. The van der Waals surface area contributed by atoms with Gasteiger partial charge < -0.3 is 5.11 Å². The molecule has 2 aromatic heterocycles. The molecule has 2 heterocycles. The molecule has 0 fully saturated rings. The lowest BCUT2D eigenvalue weighted by molar-refractivity contribution is 0.0701. The largest absolute Gasteiger partial charge is 0.477 e. The summed E-state index contributed by atoms with van der Waals surface area (Å²) >= 11 is 2.69. The Hall–Kier alpha value is -2.23. The molecule has 1 N–H and O–H groups in total. The molecule has 0 aliphatic carbocycles. The van der Waals surface area contributed by atoms with E-state index in [4.69, 9.17) is 5.11 Å². The minimum Gasteiger partial charge on any atom is -0.477 e. The molecule has 0 saturated heterocycles. The second kappa shape index (κ2) is 4.71. The number of hydrogen-bond acceptors (Lipinski definition) is 5. The number of nitriles is 1. The number of hydrogen-bond donors (Lipinski definition) is 1. The summed E-state index contributed by atoms with van der Waals surface area (Å²) in [6.07, 6.45) is 0. The summed E-state index contributed by atoms with van der Waals surface area (Å²) in [5.41, 5.74) is 1.88. The van der Waals surface area contributed by atoms with Crippen LogP contribution in [-0.4, -0.2) is 16.1 Å². The molecule has 98 valence electrons. The molecular weight excluding hydrogens is 292 g/mol. The Kier molecular flexibility index (Phi) is 3.01. The standard InChI is InChI=1S/C14H8N2O2S2/c1-7-12(14(17)18)20-13(16-7)8-4-9(6-15)10-2-3-19-11(10)5-8/h2-5H,1H3,(H,17,18). The molecule has 0 saturated carbocycles. The van der Waals surface area contributed by atoms with E-state index in [1.165, 1.54) is 0 Å². The molecule has 0 amide bonds. The van der Waals surface area contributed by atoms with Gasteiger partial charge in [0.15, 0.2) is 0 Å². The number of thiophene rings is 1. The molecule has 3 rings (SSSR count). The minimum absolute atomic E-state index is 0.241. The predicted molar refractivity (Wildman–Crippen MR) is 79.3 cm³/mol. The Morgan fingerprint density at radius 2 is 2.25 bits per heavy atom. The molecule has 0 radical (unpaired) electrons. The van der Waals surface area contributed by atoms with Crippen LogP contribution in [0.4, 0.5) is 0 Å². The Labute approximate surface area is 122 Å². The summed E-state index contributed by atoms with van der Waals surface area (Å²) in [7, 11) is 0. The van der Waals surface area contributed by atoms with Crippen LogP contribution in [0.25, 0.3) is 20.7 Å². The third-order valence-corrected chi connectivity index (χ3v) is 4.99. The first-order valence-electron chi connectivity index (χ1n) is 5.72. The number of nitrogens with zero attached hydrogens (tertiary/aromatic N) is 2. The van der Waals surface area contributed by atoms with E-state index in [2.05, 4.69) is 11.1 Å². The predicted octanol–water partition coefficient (Wildman–Crippen LogP) is 3.90. The molecule has 0 bridgehead atoms. The van der Waals surface area contributed by atoms with Crippen molar-refractivity contribution in [2.75, 3.05) is 0 Å². The van der Waals surface area contributed by atoms with Gasteiger partial charge in [-0.25, -0.2) is 9.78 Å². The van der Waals surface area contributed by atoms with Crippen molar-refractivity contribution in [3.05, 3.63) is 39.7 Å². The van der Waals surface area contributed by atoms with Crippen LogP contribution in [0.1, 0.15) is 20.9 Å². The molecule has 0 atom stereocenters. The van der Waals surface area contributed by atoms with Gasteiger partial charge in [0, 0.05) is 15.6 Å². The second-order valence-electron chi connectivity index (χ2n) is 4.21. The van der Waals surface area contributed by atoms with Crippen molar-refractivity contribution in [1.29, 1.82) is 5.26 Å². The van der Waals surface area contributed by atoms with Crippen molar-refractivity contribution in [2.24, 2.45) is 0 Å². The van der Waals surface area contributed by atoms with E-state index in [0.29, 0.717) is 16.3 Å². The summed E-state index contributed by atoms with van der Waals surface area (Å²) in [5, 5.41) is 21.8. The molecule has 0 aliphatic rings. The molecule has 3 aromatic rings. The van der Waals surface area contributed by atoms with Crippen molar-refractivity contribution >= 4 is 38.7 Å². The molecule has 1 aromatic carbocycles. The molecule has 0 unspecified atom stereocenters. The lowest BCUT2D eigenvalue weighted by Gasteiger charge is -1.99. The first kappa shape index (κ1) is 12.8. The van der Waals surface area contributed by atoms with Crippen molar-refractivity contribution < 1.29 is 9.90 Å². The zero-order valence-corrected chi connectivity index (χ0v) is 12.0. The lowest BCUT2D eigenvalue weighted by Crippen LogP contribution is -1.94. The van der Waals surface area contributed by atoms with Crippen LogP contribution in [0.3, 0.4) is 0 Å². The Bertz CT molecular complexity index is 871. The van der Waals surface area contributed by atoms with Crippen molar-refractivity contribution in [1.82, 2.24) is 4.98 Å². The molecule has 4 nitrogen and oxygen atoms in total. The number of rotatable bonds is 2. The van der Waals surface area contributed by atoms with Gasteiger partial charge in [0.1, 0.15) is 9.88 Å². The first-order chi connectivity index (χ1) is 9.60. The van der Waals surface area contributed by atoms with E-state index in [1.807, 2.05) is 17.5 Å². The number of fused-ring (bicyclic) bond motifs is 1. The van der Waals surface area contributed by atoms with Crippen LogP contribution >= 0.6 is 22.7 Å². The average Bonchev–Trinajstić information content (AvgIpc) is 3.03. The number of aromatic nitrogens is 1. The number of aromatic carboxylic acids is 1. The van der Waals surface area contributed by atoms with Gasteiger partial charge in [-0.2, -0.15) is 5.26 Å². The number of carboxylic acids is 1. The first-order valence-corrected chi connectivity index (χ1v) is 7.42. The third kappa shape index (κ3) is 1.97. The molecule has 6 heteroatoms. The van der Waals surface area contributed by atoms with E-state index in [0.717, 1.165) is 27.0 Å². The highest BCUT2D eigenvalue weighted by molar-refractivity contribution is 7.18. The maximum Gasteiger partial charge on any atom is 0.347 e. The summed E-state index contributed by atoms with van der Waals surface area (Å²) in [6, 6.07) is 7.80. The van der Waals surface area contributed by atoms with Crippen molar-refractivity contribution in [3.8, 4) is 16.6 Å². The summed E-state index contributed by atoms with van der Waals surface area (Å²) in [5.74, 6) is -0.969. The fourth-order valence-electron chi connectivity index (χ4n) is 2.01. The molecule has 0 spiro atoms. The Morgan fingerprint density at radius 3 is 2.90 bits per heavy atom. The van der Waals surface area contributed by atoms with Crippen molar-refractivity contribution in [2.45, 2.75) is 6.92 Å². The van der Waals surface area contributed by atoms with Crippen LogP contribution in [0.15, 0.2) is 23.6 Å². The van der Waals surface area contributed by atoms with E-state index in [-0.39, 0.29) is 4.88 Å². The average molecular weight is 300 g/mol. The van der Waals surface area contributed by atoms with Gasteiger partial charge in [0.2, 0.25) is 0 Å². The number of carboxylic acid groups (broad SMARTS) is 1. The van der Waals surface area contributed by atoms with Crippen LogP contribution in [0, 0.1) is 18.3 Å². The normalized spacial score (nSPS) is 10.6. The quantitative estimate of drug-likeness (QED) is 0.778. The fraction of sp³-hybridized carbons (Fsp3) is 0.0714. The van der Waals surface area contributed by atoms with Gasteiger partial charge in [-0.15, -0.1) is 22.7 Å². The van der Waals surface area contributed by atoms with Gasteiger partial charge >= 0.3 is 5.97 Å². The van der Waals surface area contributed by atoms with E-state index in [1.54, 1.807) is 24.3 Å². The zero-order chi connectivity index (χ0) is 14.3. The number of aryl methyl sites for hydroxylation is 1. The van der Waals surface area contributed by atoms with Gasteiger partial charge in [-0.1, -0.05) is 0 Å². The summed E-state index contributed by atoms with van der Waals surface area (Å²) in [4.78, 5) is 15.6. The SMILES string of the molecule is Cc1nc(-c2cc(C#N)c3ccsc3c2)sc1C(=O)O. The number of carbonyl (C=O) groups is 1. The number of thiazole rings is 1. The van der Waals surface area contributed by atoms with Crippen molar-refractivity contribution in [3.63, 3.8) is 0 Å². The van der Waals surface area contributed by atoms with Gasteiger partial charge in [0.05, 0.1) is 17.3 Å². The highest BCUT2D eigenvalue weighted by Gasteiger charge is 2.16. The zero-order valence-electron chi connectivity index (χ0n) is 10.4. The van der Waals surface area contributed by atoms with E-state index >= 15 is 0 Å². The maximum absolute atomic E-state index is 11.1. The Morgan fingerprint density at radius 1 is 1.45 bits per heavy atom. The van der Waals surface area contributed by atoms with Gasteiger partial charge in [-0.3, -0.25) is 0 Å². The lowest BCUT2D eigenvalue weighted by atomic mass is 10.1. The summed E-state index contributed by atoms with van der Waals surface area (Å²) < 4.78 is 1.00. The fourth-order valence-corrected chi connectivity index (χ4v) is 3.75. The topological polar surface area (TPSA) is 74.0 Å². The highest BCUT2D eigenvalue weighted by atomic mass is 32.1. The smallest absolute Gasteiger partial charge is 0.347 e. The molecule has 20 heavy (non-hydrogen) atoms. The van der Waals surface area contributed by atoms with Crippen LogP contribution in [-0.2, 0) is 0 Å². The van der Waals surface area contributed by atoms with Gasteiger partial charge in [-0.05, 0) is 30.5 Å². The summed E-state index contributed by atoms with van der Waals surface area (Å²) in [6.45, 7) is 1.68.